The zero-order chi connectivity index (χ0) is 15.5. The molecule has 0 fully saturated rings. The van der Waals surface area contributed by atoms with Gasteiger partial charge in [0.1, 0.15) is 16.2 Å². The Morgan fingerprint density at radius 3 is 2.91 bits per heavy atom. The first-order valence-corrected chi connectivity index (χ1v) is 8.91. The standard InChI is InChI=1S/C16H12N4OS2/c1-2-4-11(5-3-1)8-13-19-14(21-20-13)9-23-16-12-6-7-22-15(12)17-10-18-16/h1-7,10H,8-9H2. The molecule has 3 aromatic heterocycles. The Morgan fingerprint density at radius 1 is 1.09 bits per heavy atom. The Kier molecular flexibility index (Phi) is 4.04. The quantitative estimate of drug-likeness (QED) is 0.405. The van der Waals surface area contributed by atoms with E-state index >= 15 is 0 Å². The summed E-state index contributed by atoms with van der Waals surface area (Å²) in [5.41, 5.74) is 1.17. The maximum absolute atomic E-state index is 5.33. The van der Waals surface area contributed by atoms with E-state index in [0.29, 0.717) is 23.9 Å². The molecule has 0 saturated heterocycles. The smallest absolute Gasteiger partial charge is 0.237 e. The van der Waals surface area contributed by atoms with Gasteiger partial charge in [-0.15, -0.1) is 11.3 Å². The molecule has 0 atom stereocenters. The maximum atomic E-state index is 5.33. The highest BCUT2D eigenvalue weighted by Gasteiger charge is 2.10. The molecule has 4 aromatic rings. The van der Waals surface area contributed by atoms with E-state index in [0.717, 1.165) is 15.2 Å². The van der Waals surface area contributed by atoms with E-state index < -0.39 is 0 Å². The van der Waals surface area contributed by atoms with Crippen LogP contribution in [0, 0.1) is 0 Å². The van der Waals surface area contributed by atoms with Gasteiger partial charge < -0.3 is 4.52 Å². The maximum Gasteiger partial charge on any atom is 0.237 e. The summed E-state index contributed by atoms with van der Waals surface area (Å²) in [6.07, 6.45) is 2.27. The Morgan fingerprint density at radius 2 is 2.00 bits per heavy atom. The van der Waals surface area contributed by atoms with Crippen LogP contribution >= 0.6 is 23.1 Å². The average Bonchev–Trinajstić information content (AvgIpc) is 3.23. The molecule has 0 aliphatic carbocycles. The van der Waals surface area contributed by atoms with Crippen molar-refractivity contribution in [1.82, 2.24) is 20.1 Å². The molecule has 4 rings (SSSR count). The van der Waals surface area contributed by atoms with Gasteiger partial charge in [-0.2, -0.15) is 4.98 Å². The van der Waals surface area contributed by atoms with Gasteiger partial charge in [0.2, 0.25) is 5.89 Å². The van der Waals surface area contributed by atoms with Crippen LogP contribution in [0.25, 0.3) is 10.2 Å². The molecule has 23 heavy (non-hydrogen) atoms. The molecule has 0 radical (unpaired) electrons. The van der Waals surface area contributed by atoms with Gasteiger partial charge >= 0.3 is 0 Å². The number of hydrogen-bond donors (Lipinski definition) is 0. The minimum atomic E-state index is 0.601. The minimum Gasteiger partial charge on any atom is -0.338 e. The Bertz CT molecular complexity index is 920. The van der Waals surface area contributed by atoms with Crippen LogP contribution < -0.4 is 0 Å². The van der Waals surface area contributed by atoms with E-state index in [9.17, 15) is 0 Å². The van der Waals surface area contributed by atoms with Crippen LogP contribution in [0.3, 0.4) is 0 Å². The lowest BCUT2D eigenvalue weighted by atomic mass is 10.1. The predicted molar refractivity (Wildman–Crippen MR) is 90.5 cm³/mol. The van der Waals surface area contributed by atoms with Crippen LogP contribution in [0.5, 0.6) is 0 Å². The van der Waals surface area contributed by atoms with Crippen LogP contribution in [0.4, 0.5) is 0 Å². The van der Waals surface area contributed by atoms with Crippen molar-refractivity contribution in [3.05, 3.63) is 65.4 Å². The van der Waals surface area contributed by atoms with Crippen molar-refractivity contribution in [3.8, 4) is 0 Å². The molecule has 114 valence electrons. The Balaban J connectivity index is 1.45. The topological polar surface area (TPSA) is 64.7 Å². The summed E-state index contributed by atoms with van der Waals surface area (Å²) in [5.74, 6) is 1.92. The summed E-state index contributed by atoms with van der Waals surface area (Å²) in [5, 5.41) is 8.09. The molecule has 5 nitrogen and oxygen atoms in total. The van der Waals surface area contributed by atoms with Gasteiger partial charge in [-0.1, -0.05) is 47.3 Å². The van der Waals surface area contributed by atoms with Crippen LogP contribution in [0.2, 0.25) is 0 Å². The fraction of sp³-hybridized carbons (Fsp3) is 0.125. The molecule has 0 N–H and O–H groups in total. The monoisotopic (exact) mass is 340 g/mol. The zero-order valence-electron chi connectivity index (χ0n) is 12.0. The number of benzene rings is 1. The number of aromatic nitrogens is 4. The zero-order valence-corrected chi connectivity index (χ0v) is 13.7. The number of thioether (sulfide) groups is 1. The summed E-state index contributed by atoms with van der Waals surface area (Å²) >= 11 is 3.20. The number of nitrogens with zero attached hydrogens (tertiary/aromatic N) is 4. The van der Waals surface area contributed by atoms with Gasteiger partial charge in [-0.3, -0.25) is 0 Å². The molecule has 0 unspecified atom stereocenters. The van der Waals surface area contributed by atoms with Gasteiger partial charge in [0.15, 0.2) is 5.82 Å². The van der Waals surface area contributed by atoms with Gasteiger partial charge in [0.05, 0.1) is 5.75 Å². The highest BCUT2D eigenvalue weighted by atomic mass is 32.2. The van der Waals surface area contributed by atoms with E-state index in [1.165, 1.54) is 5.56 Å². The van der Waals surface area contributed by atoms with E-state index in [4.69, 9.17) is 4.52 Å². The highest BCUT2D eigenvalue weighted by Crippen LogP contribution is 2.29. The molecule has 3 heterocycles. The number of thiophene rings is 1. The molecule has 0 spiro atoms. The Hall–Kier alpha value is -2.25. The summed E-state index contributed by atoms with van der Waals surface area (Å²) in [4.78, 5) is 14.0. The first-order valence-electron chi connectivity index (χ1n) is 7.05. The van der Waals surface area contributed by atoms with Gasteiger partial charge in [0.25, 0.3) is 0 Å². The SMILES string of the molecule is c1ccc(Cc2noc(CSc3ncnc4sccc34)n2)cc1. The third-order valence-electron chi connectivity index (χ3n) is 3.27. The highest BCUT2D eigenvalue weighted by molar-refractivity contribution is 7.98. The number of rotatable bonds is 5. The summed E-state index contributed by atoms with van der Waals surface area (Å²) < 4.78 is 5.33. The Labute approximate surface area is 140 Å². The van der Waals surface area contributed by atoms with Crippen LogP contribution in [-0.2, 0) is 12.2 Å². The fourth-order valence-electron chi connectivity index (χ4n) is 2.21. The van der Waals surface area contributed by atoms with Crippen molar-refractivity contribution in [2.75, 3.05) is 0 Å². The van der Waals surface area contributed by atoms with Crippen molar-refractivity contribution in [3.63, 3.8) is 0 Å². The second kappa shape index (κ2) is 6.47. The van der Waals surface area contributed by atoms with Crippen LogP contribution in [-0.4, -0.2) is 20.1 Å². The second-order valence-corrected chi connectivity index (χ2v) is 6.73. The molecule has 0 aliphatic heterocycles. The van der Waals surface area contributed by atoms with E-state index in [-0.39, 0.29) is 0 Å². The van der Waals surface area contributed by atoms with Crippen molar-refractivity contribution in [2.45, 2.75) is 17.2 Å². The van der Waals surface area contributed by atoms with Crippen molar-refractivity contribution in [2.24, 2.45) is 0 Å². The molecule has 0 saturated carbocycles. The lowest BCUT2D eigenvalue weighted by Crippen LogP contribution is -1.91. The summed E-state index contributed by atoms with van der Waals surface area (Å²) in [7, 11) is 0. The third kappa shape index (κ3) is 3.25. The van der Waals surface area contributed by atoms with Crippen molar-refractivity contribution >= 4 is 33.3 Å². The van der Waals surface area contributed by atoms with Crippen molar-refractivity contribution in [1.29, 1.82) is 0 Å². The lowest BCUT2D eigenvalue weighted by Gasteiger charge is -1.98. The molecule has 0 amide bonds. The first kappa shape index (κ1) is 14.3. The second-order valence-electron chi connectivity index (χ2n) is 4.87. The first-order chi connectivity index (χ1) is 11.4. The number of hydrogen-bond acceptors (Lipinski definition) is 7. The molecule has 1 aromatic carbocycles. The van der Waals surface area contributed by atoms with Gasteiger partial charge in [-0.25, -0.2) is 9.97 Å². The largest absolute Gasteiger partial charge is 0.338 e. The molecule has 0 aliphatic rings. The number of fused-ring (bicyclic) bond motifs is 1. The third-order valence-corrected chi connectivity index (χ3v) is 5.08. The van der Waals surface area contributed by atoms with E-state index in [1.54, 1.807) is 29.4 Å². The summed E-state index contributed by atoms with van der Waals surface area (Å²) in [6.45, 7) is 0. The van der Waals surface area contributed by atoms with E-state index in [2.05, 4.69) is 32.2 Å². The predicted octanol–water partition coefficient (Wildman–Crippen LogP) is 3.96. The van der Waals surface area contributed by atoms with E-state index in [1.807, 2.05) is 29.6 Å². The summed E-state index contributed by atoms with van der Waals surface area (Å²) in [6, 6.07) is 12.2. The van der Waals surface area contributed by atoms with Crippen molar-refractivity contribution < 1.29 is 4.52 Å². The minimum absolute atomic E-state index is 0.601. The molecule has 7 heteroatoms. The van der Waals surface area contributed by atoms with Gasteiger partial charge in [-0.05, 0) is 17.0 Å². The van der Waals surface area contributed by atoms with Gasteiger partial charge in [0, 0.05) is 11.8 Å². The average molecular weight is 340 g/mol. The molecular weight excluding hydrogens is 328 g/mol. The molecule has 0 bridgehead atoms. The fourth-order valence-corrected chi connectivity index (χ4v) is 3.83. The normalized spacial score (nSPS) is 11.1. The van der Waals surface area contributed by atoms with Crippen LogP contribution in [0.15, 0.2) is 57.7 Å². The van der Waals surface area contributed by atoms with Crippen LogP contribution in [0.1, 0.15) is 17.3 Å². The lowest BCUT2D eigenvalue weighted by molar-refractivity contribution is 0.386. The molecular formula is C16H12N4OS2.